The highest BCUT2D eigenvalue weighted by atomic mass is 19.1. The molecule has 0 bridgehead atoms. The molecule has 0 spiro atoms. The zero-order valence-corrected chi connectivity index (χ0v) is 10.1. The molecular formula is C13H16FNO3. The largest absolute Gasteiger partial charge is 0.507 e. The number of hydrogen-bond donors (Lipinski definition) is 2. The number of benzene rings is 1. The maximum atomic E-state index is 12.9. The lowest BCUT2D eigenvalue weighted by Gasteiger charge is -2.25. The van der Waals surface area contributed by atoms with E-state index in [1.165, 1.54) is 11.0 Å². The fraction of sp³-hybridized carbons (Fsp3) is 0.462. The van der Waals surface area contributed by atoms with E-state index in [-0.39, 0.29) is 35.8 Å². The molecule has 5 heteroatoms. The highest BCUT2D eigenvalue weighted by molar-refractivity contribution is 5.97. The number of amides is 1. The second-order valence-electron chi connectivity index (χ2n) is 4.68. The minimum absolute atomic E-state index is 0.0731. The molecule has 2 atom stereocenters. The van der Waals surface area contributed by atoms with Crippen molar-refractivity contribution in [3.8, 4) is 5.75 Å². The van der Waals surface area contributed by atoms with Crippen LogP contribution in [-0.2, 0) is 0 Å². The molecule has 1 aromatic rings. The van der Waals surface area contributed by atoms with E-state index < -0.39 is 5.82 Å². The van der Waals surface area contributed by atoms with E-state index in [4.69, 9.17) is 0 Å². The van der Waals surface area contributed by atoms with Gasteiger partial charge in [-0.25, -0.2) is 4.39 Å². The van der Waals surface area contributed by atoms with Crippen LogP contribution in [0.25, 0.3) is 0 Å². The molecule has 1 aromatic carbocycles. The second kappa shape index (κ2) is 4.94. The molecule has 1 heterocycles. The number of halogens is 1. The van der Waals surface area contributed by atoms with E-state index in [0.29, 0.717) is 6.54 Å². The zero-order chi connectivity index (χ0) is 13.3. The number of nitrogens with zero attached hydrogens (tertiary/aromatic N) is 1. The van der Waals surface area contributed by atoms with Gasteiger partial charge in [0.05, 0.1) is 18.2 Å². The number of aliphatic hydroxyl groups is 1. The van der Waals surface area contributed by atoms with Crippen LogP contribution < -0.4 is 0 Å². The maximum Gasteiger partial charge on any atom is 0.257 e. The average molecular weight is 253 g/mol. The van der Waals surface area contributed by atoms with Crippen molar-refractivity contribution < 1.29 is 19.4 Å². The van der Waals surface area contributed by atoms with E-state index in [0.717, 1.165) is 18.6 Å². The van der Waals surface area contributed by atoms with Gasteiger partial charge in [-0.05, 0) is 24.5 Å². The number of aliphatic hydroxyl groups excluding tert-OH is 1. The number of phenolic OH excluding ortho intramolecular Hbond substituents is 1. The van der Waals surface area contributed by atoms with Crippen LogP contribution in [0.2, 0.25) is 0 Å². The molecular weight excluding hydrogens is 237 g/mol. The van der Waals surface area contributed by atoms with Crippen molar-refractivity contribution in [3.63, 3.8) is 0 Å². The number of carbonyl (C=O) groups is 1. The summed E-state index contributed by atoms with van der Waals surface area (Å²) in [5.74, 6) is -1.09. The summed E-state index contributed by atoms with van der Waals surface area (Å²) >= 11 is 0. The Morgan fingerprint density at radius 2 is 2.28 bits per heavy atom. The third kappa shape index (κ3) is 2.18. The van der Waals surface area contributed by atoms with Crippen LogP contribution in [0, 0.1) is 11.7 Å². The van der Waals surface area contributed by atoms with Crippen molar-refractivity contribution >= 4 is 5.91 Å². The molecule has 1 saturated heterocycles. The number of hydrogen-bond acceptors (Lipinski definition) is 3. The van der Waals surface area contributed by atoms with Crippen LogP contribution in [0.5, 0.6) is 5.75 Å². The van der Waals surface area contributed by atoms with Crippen molar-refractivity contribution in [3.05, 3.63) is 29.6 Å². The highest BCUT2D eigenvalue weighted by Crippen LogP contribution is 2.28. The molecule has 0 aliphatic carbocycles. The van der Waals surface area contributed by atoms with Gasteiger partial charge in [-0.15, -0.1) is 0 Å². The van der Waals surface area contributed by atoms with Crippen molar-refractivity contribution in [1.29, 1.82) is 0 Å². The summed E-state index contributed by atoms with van der Waals surface area (Å²) in [6.07, 6.45) is 0.818. The lowest BCUT2D eigenvalue weighted by Crippen LogP contribution is -2.39. The summed E-state index contributed by atoms with van der Waals surface area (Å²) < 4.78 is 12.9. The Bertz CT molecular complexity index is 464. The molecule has 4 nitrogen and oxygen atoms in total. The average Bonchev–Trinajstić information content (AvgIpc) is 2.69. The number of phenols is 1. The molecule has 1 amide bonds. The molecule has 2 N–H and O–H groups in total. The second-order valence-corrected chi connectivity index (χ2v) is 4.68. The van der Waals surface area contributed by atoms with Crippen molar-refractivity contribution in [2.24, 2.45) is 5.92 Å². The van der Waals surface area contributed by atoms with Crippen molar-refractivity contribution in [2.75, 3.05) is 13.2 Å². The van der Waals surface area contributed by atoms with Crippen LogP contribution in [-0.4, -0.2) is 40.2 Å². The Morgan fingerprint density at radius 1 is 1.56 bits per heavy atom. The summed E-state index contributed by atoms with van der Waals surface area (Å²) in [7, 11) is 0. The van der Waals surface area contributed by atoms with Crippen LogP contribution in [0.1, 0.15) is 23.7 Å². The van der Waals surface area contributed by atoms with Crippen LogP contribution >= 0.6 is 0 Å². The topological polar surface area (TPSA) is 60.8 Å². The Balaban J connectivity index is 2.26. The fourth-order valence-corrected chi connectivity index (χ4v) is 2.38. The lowest BCUT2D eigenvalue weighted by atomic mass is 10.0. The number of aromatic hydroxyl groups is 1. The Hall–Kier alpha value is -1.62. The first-order chi connectivity index (χ1) is 8.54. The van der Waals surface area contributed by atoms with Gasteiger partial charge in [-0.3, -0.25) is 4.79 Å². The zero-order valence-electron chi connectivity index (χ0n) is 10.1. The molecule has 2 rings (SSSR count). The summed E-state index contributed by atoms with van der Waals surface area (Å²) in [6.45, 7) is 2.41. The van der Waals surface area contributed by atoms with Crippen LogP contribution in [0.3, 0.4) is 0 Å². The molecule has 1 fully saturated rings. The SMILES string of the molecule is CC1CCN(C(=O)c2ccc(F)cc2O)C1CO. The van der Waals surface area contributed by atoms with Gasteiger partial charge in [0, 0.05) is 12.6 Å². The predicted octanol–water partition coefficient (Wildman–Crippen LogP) is 1.37. The van der Waals surface area contributed by atoms with E-state index in [1.54, 1.807) is 0 Å². The van der Waals surface area contributed by atoms with Crippen molar-refractivity contribution in [2.45, 2.75) is 19.4 Å². The summed E-state index contributed by atoms with van der Waals surface area (Å²) in [5.41, 5.74) is 0.0731. The first-order valence-corrected chi connectivity index (χ1v) is 5.95. The summed E-state index contributed by atoms with van der Waals surface area (Å²) in [4.78, 5) is 13.8. The van der Waals surface area contributed by atoms with E-state index in [9.17, 15) is 19.4 Å². The molecule has 0 radical (unpaired) electrons. The van der Waals surface area contributed by atoms with Gasteiger partial charge >= 0.3 is 0 Å². The standard InChI is InChI=1S/C13H16FNO3/c1-8-4-5-15(11(8)7-16)13(18)10-3-2-9(14)6-12(10)17/h2-3,6,8,11,16-17H,4-5,7H2,1H3. The van der Waals surface area contributed by atoms with Crippen LogP contribution in [0.15, 0.2) is 18.2 Å². The van der Waals surface area contributed by atoms with Gasteiger partial charge in [0.2, 0.25) is 0 Å². The number of rotatable bonds is 2. The molecule has 1 aliphatic rings. The third-order valence-corrected chi connectivity index (χ3v) is 3.52. The van der Waals surface area contributed by atoms with E-state index in [1.807, 2.05) is 6.92 Å². The maximum absolute atomic E-state index is 12.9. The fourth-order valence-electron chi connectivity index (χ4n) is 2.38. The van der Waals surface area contributed by atoms with Gasteiger partial charge in [0.15, 0.2) is 0 Å². The quantitative estimate of drug-likeness (QED) is 0.837. The van der Waals surface area contributed by atoms with Crippen molar-refractivity contribution in [1.82, 2.24) is 4.90 Å². The molecule has 0 saturated carbocycles. The van der Waals surface area contributed by atoms with E-state index >= 15 is 0 Å². The van der Waals surface area contributed by atoms with E-state index in [2.05, 4.69) is 0 Å². The summed E-state index contributed by atoms with van der Waals surface area (Å²) in [6, 6.07) is 3.09. The minimum Gasteiger partial charge on any atom is -0.507 e. The molecule has 1 aliphatic heterocycles. The van der Waals surface area contributed by atoms with Gasteiger partial charge in [0.1, 0.15) is 11.6 Å². The number of likely N-dealkylation sites (tertiary alicyclic amines) is 1. The Kier molecular flexibility index (Phi) is 3.52. The first-order valence-electron chi connectivity index (χ1n) is 5.95. The monoisotopic (exact) mass is 253 g/mol. The minimum atomic E-state index is -0.586. The molecule has 98 valence electrons. The Morgan fingerprint density at radius 3 is 2.89 bits per heavy atom. The van der Waals surface area contributed by atoms with Gasteiger partial charge in [0.25, 0.3) is 5.91 Å². The molecule has 0 aromatic heterocycles. The Labute approximate surface area is 105 Å². The van der Waals surface area contributed by atoms with Gasteiger partial charge in [-0.2, -0.15) is 0 Å². The lowest BCUT2D eigenvalue weighted by molar-refractivity contribution is 0.0645. The van der Waals surface area contributed by atoms with Gasteiger partial charge < -0.3 is 15.1 Å². The normalized spacial score (nSPS) is 23.4. The molecule has 2 unspecified atom stereocenters. The summed E-state index contributed by atoms with van der Waals surface area (Å²) in [5, 5.41) is 18.9. The van der Waals surface area contributed by atoms with Gasteiger partial charge in [-0.1, -0.05) is 6.92 Å². The van der Waals surface area contributed by atoms with Crippen LogP contribution in [0.4, 0.5) is 4.39 Å². The first kappa shape index (κ1) is 12.8. The number of carbonyl (C=O) groups excluding carboxylic acids is 1. The third-order valence-electron chi connectivity index (χ3n) is 3.52. The smallest absolute Gasteiger partial charge is 0.257 e. The highest BCUT2D eigenvalue weighted by Gasteiger charge is 2.35. The molecule has 18 heavy (non-hydrogen) atoms. The predicted molar refractivity (Wildman–Crippen MR) is 63.8 cm³/mol.